The molecule has 11 heteroatoms. The summed E-state index contributed by atoms with van der Waals surface area (Å²) in [6.45, 7) is 5.78. The van der Waals surface area contributed by atoms with Crippen molar-refractivity contribution in [1.29, 1.82) is 0 Å². The van der Waals surface area contributed by atoms with E-state index in [0.29, 0.717) is 24.9 Å². The summed E-state index contributed by atoms with van der Waals surface area (Å²) in [5.41, 5.74) is 5.28. The Hall–Kier alpha value is -4.77. The van der Waals surface area contributed by atoms with E-state index >= 15 is 0 Å². The monoisotopic (exact) mass is 537 g/mol. The molecule has 1 aromatic carbocycles. The van der Waals surface area contributed by atoms with E-state index in [4.69, 9.17) is 9.72 Å². The van der Waals surface area contributed by atoms with Crippen molar-refractivity contribution in [2.24, 2.45) is 7.05 Å². The first-order valence-electron chi connectivity index (χ1n) is 13.2. The van der Waals surface area contributed by atoms with Gasteiger partial charge in [-0.1, -0.05) is 12.1 Å². The van der Waals surface area contributed by atoms with E-state index in [2.05, 4.69) is 35.6 Å². The number of para-hydroxylation sites is 1. The normalized spacial score (nSPS) is 15.4. The van der Waals surface area contributed by atoms with Gasteiger partial charge in [-0.3, -0.25) is 19.4 Å². The van der Waals surface area contributed by atoms with Crippen molar-refractivity contribution < 1.29 is 9.53 Å². The van der Waals surface area contributed by atoms with Crippen molar-refractivity contribution in [3.63, 3.8) is 0 Å². The molecular formula is C29H31N9O2. The third kappa shape index (κ3) is 5.36. The van der Waals surface area contributed by atoms with Crippen LogP contribution in [0.1, 0.15) is 17.7 Å². The lowest BCUT2D eigenvalue weighted by atomic mass is 10.1. The van der Waals surface area contributed by atoms with Gasteiger partial charge in [-0.05, 0) is 44.0 Å². The number of aromatic amines is 1. The topological polar surface area (TPSA) is 126 Å². The van der Waals surface area contributed by atoms with Crippen LogP contribution in [0.5, 0.6) is 5.75 Å². The first-order valence-corrected chi connectivity index (χ1v) is 13.2. The van der Waals surface area contributed by atoms with Crippen molar-refractivity contribution >= 4 is 34.3 Å². The molecular weight excluding hydrogens is 506 g/mol. The van der Waals surface area contributed by atoms with Gasteiger partial charge in [0.05, 0.1) is 23.4 Å². The molecule has 0 aliphatic carbocycles. The number of pyridine rings is 1. The number of H-pyrrole nitrogens is 1. The van der Waals surface area contributed by atoms with Crippen LogP contribution in [0, 0.1) is 13.8 Å². The van der Waals surface area contributed by atoms with E-state index < -0.39 is 0 Å². The Kier molecular flexibility index (Phi) is 6.87. The highest BCUT2D eigenvalue weighted by molar-refractivity contribution is 6.06. The average Bonchev–Trinajstić information content (AvgIpc) is 3.65. The molecule has 0 spiro atoms. The number of nitrogens with one attached hydrogen (secondary N) is 3. The van der Waals surface area contributed by atoms with Gasteiger partial charge in [-0.15, -0.1) is 0 Å². The number of anilines is 3. The Bertz CT molecular complexity index is 1640. The molecule has 0 unspecified atom stereocenters. The maximum Gasteiger partial charge on any atom is 0.238 e. The number of fused-ring (bicyclic) bond motifs is 1. The SMILES string of the molecule is Cc1cnc(Nc2cc(C)n(C)n2)nc1-c1c[nH]c2c(NC(=O)CN3CC[C@H](Oc4ccncc4)C3)cccc12. The lowest BCUT2D eigenvalue weighted by molar-refractivity contribution is -0.117. The maximum absolute atomic E-state index is 13.0. The van der Waals surface area contributed by atoms with E-state index in [1.54, 1.807) is 23.3 Å². The van der Waals surface area contributed by atoms with Gasteiger partial charge in [0.1, 0.15) is 11.9 Å². The molecule has 1 fully saturated rings. The molecule has 0 bridgehead atoms. The van der Waals surface area contributed by atoms with Crippen LogP contribution < -0.4 is 15.4 Å². The summed E-state index contributed by atoms with van der Waals surface area (Å²) in [4.78, 5) is 31.7. The zero-order valence-electron chi connectivity index (χ0n) is 22.7. The minimum absolute atomic E-state index is 0.0572. The predicted molar refractivity (Wildman–Crippen MR) is 154 cm³/mol. The molecule has 1 aliphatic heterocycles. The summed E-state index contributed by atoms with van der Waals surface area (Å²) in [6.07, 6.45) is 8.08. The zero-order valence-corrected chi connectivity index (χ0v) is 22.7. The van der Waals surface area contributed by atoms with Crippen LogP contribution in [0.3, 0.4) is 0 Å². The van der Waals surface area contributed by atoms with Gasteiger partial charge in [0, 0.05) is 67.6 Å². The summed E-state index contributed by atoms with van der Waals surface area (Å²) in [7, 11) is 1.89. The third-order valence-corrected chi connectivity index (χ3v) is 7.12. The van der Waals surface area contributed by atoms with Crippen LogP contribution in [0.25, 0.3) is 22.2 Å². The van der Waals surface area contributed by atoms with Gasteiger partial charge in [0.15, 0.2) is 5.82 Å². The van der Waals surface area contributed by atoms with Crippen LogP contribution >= 0.6 is 0 Å². The molecule has 1 amide bonds. The van der Waals surface area contributed by atoms with Crippen molar-refractivity contribution in [3.8, 4) is 17.0 Å². The van der Waals surface area contributed by atoms with Crippen LogP contribution in [-0.4, -0.2) is 66.3 Å². The Morgan fingerprint density at radius 1 is 1.20 bits per heavy atom. The standard InChI is InChI=1S/C29H31N9O2/c1-18-14-32-29(34-25-13-19(2)37(3)36-25)35-27(18)23-15-31-28-22(23)5-4-6-24(28)33-26(39)17-38-12-9-21(16-38)40-20-7-10-30-11-8-20/h4-8,10-11,13-15,21,31H,9,12,16-17H2,1-3H3,(H,33,39)(H,32,34,35,36)/t21-/m0/s1. The van der Waals surface area contributed by atoms with E-state index in [-0.39, 0.29) is 12.0 Å². The number of rotatable bonds is 8. The number of ether oxygens (including phenoxy) is 1. The van der Waals surface area contributed by atoms with Crippen LogP contribution in [0.15, 0.2) is 61.2 Å². The van der Waals surface area contributed by atoms with Crippen molar-refractivity contribution in [2.45, 2.75) is 26.4 Å². The summed E-state index contributed by atoms with van der Waals surface area (Å²) in [5.74, 6) is 1.89. The molecule has 4 aromatic heterocycles. The number of likely N-dealkylation sites (tertiary alicyclic amines) is 1. The first kappa shape index (κ1) is 25.5. The quantitative estimate of drug-likeness (QED) is 0.269. The zero-order chi connectivity index (χ0) is 27.6. The molecule has 0 saturated carbocycles. The van der Waals surface area contributed by atoms with Crippen LogP contribution in [0.2, 0.25) is 0 Å². The summed E-state index contributed by atoms with van der Waals surface area (Å²) < 4.78 is 7.82. The number of amides is 1. The molecule has 11 nitrogen and oxygen atoms in total. The molecule has 40 heavy (non-hydrogen) atoms. The third-order valence-electron chi connectivity index (χ3n) is 7.12. The van der Waals surface area contributed by atoms with Crippen molar-refractivity contribution in [1.82, 2.24) is 34.6 Å². The van der Waals surface area contributed by atoms with Gasteiger partial charge in [-0.2, -0.15) is 5.10 Å². The molecule has 0 radical (unpaired) electrons. The lowest BCUT2D eigenvalue weighted by Crippen LogP contribution is -2.33. The number of nitrogens with zero attached hydrogens (tertiary/aromatic N) is 6. The summed E-state index contributed by atoms with van der Waals surface area (Å²) >= 11 is 0. The Balaban J connectivity index is 1.15. The minimum atomic E-state index is -0.0661. The second-order valence-electron chi connectivity index (χ2n) is 10.1. The largest absolute Gasteiger partial charge is 0.489 e. The van der Waals surface area contributed by atoms with Crippen LogP contribution in [-0.2, 0) is 11.8 Å². The highest BCUT2D eigenvalue weighted by atomic mass is 16.5. The second kappa shape index (κ2) is 10.8. The van der Waals surface area contributed by atoms with E-state index in [9.17, 15) is 4.79 Å². The molecule has 1 atom stereocenters. The highest BCUT2D eigenvalue weighted by Gasteiger charge is 2.26. The van der Waals surface area contributed by atoms with Gasteiger partial charge < -0.3 is 20.4 Å². The lowest BCUT2D eigenvalue weighted by Gasteiger charge is -2.17. The second-order valence-corrected chi connectivity index (χ2v) is 10.1. The molecule has 5 aromatic rings. The number of carbonyl (C=O) groups is 1. The fraction of sp³-hybridized carbons (Fsp3) is 0.276. The van der Waals surface area contributed by atoms with Gasteiger partial charge in [0.25, 0.3) is 0 Å². The number of carbonyl (C=O) groups excluding carboxylic acids is 1. The molecule has 1 aliphatic rings. The van der Waals surface area contributed by atoms with Gasteiger partial charge >= 0.3 is 0 Å². The molecule has 204 valence electrons. The number of hydrogen-bond donors (Lipinski definition) is 3. The highest BCUT2D eigenvalue weighted by Crippen LogP contribution is 2.33. The van der Waals surface area contributed by atoms with Crippen molar-refractivity contribution in [3.05, 3.63) is 72.4 Å². The molecule has 3 N–H and O–H groups in total. The Morgan fingerprint density at radius 2 is 2.05 bits per heavy atom. The number of hydrogen-bond acceptors (Lipinski definition) is 8. The fourth-order valence-electron chi connectivity index (χ4n) is 5.00. The summed E-state index contributed by atoms with van der Waals surface area (Å²) in [6, 6.07) is 11.5. The maximum atomic E-state index is 13.0. The number of aromatic nitrogens is 6. The number of aryl methyl sites for hydroxylation is 3. The van der Waals surface area contributed by atoms with E-state index in [1.807, 2.05) is 63.5 Å². The molecule has 6 rings (SSSR count). The first-order chi connectivity index (χ1) is 19.4. The van der Waals surface area contributed by atoms with E-state index in [1.165, 1.54) is 0 Å². The number of benzene rings is 1. The van der Waals surface area contributed by atoms with Crippen LogP contribution in [0.4, 0.5) is 17.5 Å². The average molecular weight is 538 g/mol. The Morgan fingerprint density at radius 3 is 2.85 bits per heavy atom. The Labute approximate surface area is 231 Å². The smallest absolute Gasteiger partial charge is 0.238 e. The van der Waals surface area contributed by atoms with Crippen molar-refractivity contribution in [2.75, 3.05) is 30.3 Å². The van der Waals surface area contributed by atoms with E-state index in [0.717, 1.165) is 57.8 Å². The summed E-state index contributed by atoms with van der Waals surface area (Å²) in [5, 5.41) is 11.7. The molecule has 1 saturated heterocycles. The molecule has 5 heterocycles. The van der Waals surface area contributed by atoms with Gasteiger partial charge in [0.2, 0.25) is 11.9 Å². The fourth-order valence-corrected chi connectivity index (χ4v) is 5.00. The van der Waals surface area contributed by atoms with Gasteiger partial charge in [-0.25, -0.2) is 9.97 Å². The minimum Gasteiger partial charge on any atom is -0.489 e. The predicted octanol–water partition coefficient (Wildman–Crippen LogP) is 4.21.